The highest BCUT2D eigenvalue weighted by molar-refractivity contribution is 5.04. The van der Waals surface area contributed by atoms with Gasteiger partial charge in [-0.1, -0.05) is 5.16 Å². The Kier molecular flexibility index (Phi) is 5.92. The first-order valence-corrected chi connectivity index (χ1v) is 9.01. The van der Waals surface area contributed by atoms with E-state index in [1.165, 1.54) is 25.8 Å². The van der Waals surface area contributed by atoms with E-state index in [1.54, 1.807) is 7.11 Å². The smallest absolute Gasteiger partial charge is 0.133 e. The topological polar surface area (TPSA) is 51.0 Å². The van der Waals surface area contributed by atoms with Crippen LogP contribution < -0.4 is 0 Å². The summed E-state index contributed by atoms with van der Waals surface area (Å²) < 4.78 is 15.9. The van der Waals surface area contributed by atoms with Gasteiger partial charge in [-0.3, -0.25) is 9.80 Å². The van der Waals surface area contributed by atoms with Crippen molar-refractivity contribution in [3.8, 4) is 0 Å². The Balaban J connectivity index is 1.54. The fourth-order valence-electron chi connectivity index (χ4n) is 4.35. The number of methoxy groups -OCH3 is 2. The molecule has 0 bridgehead atoms. The van der Waals surface area contributed by atoms with Crippen molar-refractivity contribution in [1.82, 2.24) is 15.0 Å². The zero-order chi connectivity index (χ0) is 17.0. The molecule has 24 heavy (non-hydrogen) atoms. The second kappa shape index (κ2) is 7.95. The van der Waals surface area contributed by atoms with Gasteiger partial charge in [0.15, 0.2) is 0 Å². The van der Waals surface area contributed by atoms with E-state index >= 15 is 0 Å². The first kappa shape index (κ1) is 17.9. The molecule has 136 valence electrons. The Hall–Kier alpha value is -0.950. The molecule has 0 aliphatic carbocycles. The Morgan fingerprint density at radius 3 is 2.71 bits per heavy atom. The van der Waals surface area contributed by atoms with Crippen molar-refractivity contribution in [2.75, 3.05) is 53.6 Å². The van der Waals surface area contributed by atoms with Crippen molar-refractivity contribution in [3.63, 3.8) is 0 Å². The van der Waals surface area contributed by atoms with Crippen LogP contribution in [0.4, 0.5) is 0 Å². The lowest BCUT2D eigenvalue weighted by molar-refractivity contribution is 0.0854. The summed E-state index contributed by atoms with van der Waals surface area (Å²) in [6.45, 7) is 8.96. The van der Waals surface area contributed by atoms with Crippen LogP contribution in [0.1, 0.15) is 30.7 Å². The molecule has 0 N–H and O–H groups in total. The number of ether oxygens (including phenoxy) is 2. The predicted molar refractivity (Wildman–Crippen MR) is 91.9 cm³/mol. The summed E-state index contributed by atoms with van der Waals surface area (Å²) in [5, 5.41) is 4.13. The Morgan fingerprint density at radius 2 is 2.08 bits per heavy atom. The maximum atomic E-state index is 5.46. The molecule has 2 saturated heterocycles. The van der Waals surface area contributed by atoms with Crippen LogP contribution >= 0.6 is 0 Å². The molecule has 2 aliphatic rings. The SMILES string of the molecule is COCCN1CC2(CCN(Cc3cc(C)on3)CC2)C[C@@H]1COC. The van der Waals surface area contributed by atoms with Crippen LogP contribution in [0.5, 0.6) is 0 Å². The molecule has 3 heterocycles. The van der Waals surface area contributed by atoms with E-state index in [0.717, 1.165) is 50.8 Å². The van der Waals surface area contributed by atoms with Gasteiger partial charge in [0.05, 0.1) is 18.9 Å². The second-order valence-electron chi connectivity index (χ2n) is 7.48. The van der Waals surface area contributed by atoms with Crippen LogP contribution in [-0.4, -0.2) is 74.6 Å². The number of aromatic nitrogens is 1. The van der Waals surface area contributed by atoms with E-state index in [2.05, 4.69) is 15.0 Å². The van der Waals surface area contributed by atoms with Crippen molar-refractivity contribution in [3.05, 3.63) is 17.5 Å². The quantitative estimate of drug-likeness (QED) is 0.758. The summed E-state index contributed by atoms with van der Waals surface area (Å²) in [5.41, 5.74) is 1.50. The minimum Gasteiger partial charge on any atom is -0.383 e. The zero-order valence-electron chi connectivity index (χ0n) is 15.3. The minimum atomic E-state index is 0.452. The Labute approximate surface area is 145 Å². The molecular weight excluding hydrogens is 306 g/mol. The number of piperidine rings is 1. The fourth-order valence-corrected chi connectivity index (χ4v) is 4.35. The molecular formula is C18H31N3O3. The number of aryl methyl sites for hydroxylation is 1. The molecule has 3 rings (SSSR count). The van der Waals surface area contributed by atoms with Gasteiger partial charge in [-0.2, -0.15) is 0 Å². The molecule has 1 aromatic rings. The van der Waals surface area contributed by atoms with Crippen molar-refractivity contribution < 1.29 is 14.0 Å². The van der Waals surface area contributed by atoms with Crippen LogP contribution in [0.3, 0.4) is 0 Å². The molecule has 0 aromatic carbocycles. The molecule has 2 fully saturated rings. The average Bonchev–Trinajstić information content (AvgIpc) is 3.12. The summed E-state index contributed by atoms with van der Waals surface area (Å²) in [5.74, 6) is 0.894. The maximum Gasteiger partial charge on any atom is 0.133 e. The van der Waals surface area contributed by atoms with Crippen molar-refractivity contribution in [1.29, 1.82) is 0 Å². The third kappa shape index (κ3) is 4.17. The summed E-state index contributed by atoms with van der Waals surface area (Å²) in [4.78, 5) is 5.08. The van der Waals surface area contributed by atoms with Gasteiger partial charge in [0.25, 0.3) is 0 Å². The van der Waals surface area contributed by atoms with Gasteiger partial charge in [0.2, 0.25) is 0 Å². The van der Waals surface area contributed by atoms with E-state index in [9.17, 15) is 0 Å². The van der Waals surface area contributed by atoms with Crippen molar-refractivity contribution in [2.45, 2.75) is 38.8 Å². The lowest BCUT2D eigenvalue weighted by Crippen LogP contribution is -2.41. The van der Waals surface area contributed by atoms with Crippen LogP contribution in [0.2, 0.25) is 0 Å². The van der Waals surface area contributed by atoms with Gasteiger partial charge < -0.3 is 14.0 Å². The third-order valence-corrected chi connectivity index (χ3v) is 5.64. The molecule has 1 aromatic heterocycles. The Morgan fingerprint density at radius 1 is 1.29 bits per heavy atom. The van der Waals surface area contributed by atoms with Crippen LogP contribution in [-0.2, 0) is 16.0 Å². The van der Waals surface area contributed by atoms with Gasteiger partial charge in [-0.05, 0) is 44.7 Å². The summed E-state index contributed by atoms with van der Waals surface area (Å²) in [6, 6.07) is 2.58. The first-order chi connectivity index (χ1) is 11.6. The standard InChI is InChI=1S/C18H31N3O3/c1-15-10-16(19-24-15)12-20-6-4-18(5-7-20)11-17(13-23-3)21(14-18)8-9-22-2/h10,17H,4-9,11-14H2,1-3H3/t17-/m1/s1. The highest BCUT2D eigenvalue weighted by Gasteiger charge is 2.45. The van der Waals surface area contributed by atoms with Crippen molar-refractivity contribution in [2.24, 2.45) is 5.41 Å². The normalized spacial score (nSPS) is 24.9. The highest BCUT2D eigenvalue weighted by Crippen LogP contribution is 2.43. The molecule has 1 spiro atoms. The number of hydrogen-bond acceptors (Lipinski definition) is 6. The van der Waals surface area contributed by atoms with Crippen LogP contribution in [0, 0.1) is 12.3 Å². The van der Waals surface area contributed by atoms with E-state index < -0.39 is 0 Å². The van der Waals surface area contributed by atoms with E-state index in [0.29, 0.717) is 11.5 Å². The number of rotatable bonds is 7. The first-order valence-electron chi connectivity index (χ1n) is 9.01. The van der Waals surface area contributed by atoms with Gasteiger partial charge in [0, 0.05) is 46.0 Å². The molecule has 0 radical (unpaired) electrons. The summed E-state index contributed by atoms with van der Waals surface area (Å²) in [6.07, 6.45) is 3.77. The molecule has 6 heteroatoms. The van der Waals surface area contributed by atoms with Crippen LogP contribution in [0.25, 0.3) is 0 Å². The minimum absolute atomic E-state index is 0.452. The number of likely N-dealkylation sites (tertiary alicyclic amines) is 2. The van der Waals surface area contributed by atoms with Gasteiger partial charge in [-0.25, -0.2) is 0 Å². The Bertz CT molecular complexity index is 511. The zero-order valence-corrected chi connectivity index (χ0v) is 15.3. The molecule has 0 saturated carbocycles. The van der Waals surface area contributed by atoms with Gasteiger partial charge >= 0.3 is 0 Å². The average molecular weight is 337 g/mol. The maximum absolute atomic E-state index is 5.46. The summed E-state index contributed by atoms with van der Waals surface area (Å²) in [7, 11) is 3.59. The van der Waals surface area contributed by atoms with Gasteiger partial charge in [0.1, 0.15) is 5.76 Å². The van der Waals surface area contributed by atoms with Crippen LogP contribution in [0.15, 0.2) is 10.6 Å². The number of nitrogens with zero attached hydrogens (tertiary/aromatic N) is 3. The lowest BCUT2D eigenvalue weighted by atomic mass is 9.76. The molecule has 0 amide bonds. The number of hydrogen-bond donors (Lipinski definition) is 0. The van der Waals surface area contributed by atoms with E-state index in [-0.39, 0.29) is 0 Å². The monoisotopic (exact) mass is 337 g/mol. The largest absolute Gasteiger partial charge is 0.383 e. The molecule has 0 unspecified atom stereocenters. The predicted octanol–water partition coefficient (Wildman–Crippen LogP) is 1.93. The summed E-state index contributed by atoms with van der Waals surface area (Å²) >= 11 is 0. The molecule has 2 aliphatic heterocycles. The van der Waals surface area contributed by atoms with E-state index in [4.69, 9.17) is 14.0 Å². The van der Waals surface area contributed by atoms with Gasteiger partial charge in [-0.15, -0.1) is 0 Å². The third-order valence-electron chi connectivity index (χ3n) is 5.64. The molecule has 1 atom stereocenters. The highest BCUT2D eigenvalue weighted by atomic mass is 16.5. The second-order valence-corrected chi connectivity index (χ2v) is 7.48. The van der Waals surface area contributed by atoms with E-state index in [1.807, 2.05) is 20.1 Å². The molecule has 6 nitrogen and oxygen atoms in total. The lowest BCUT2D eigenvalue weighted by Gasteiger charge is -2.39. The van der Waals surface area contributed by atoms with Crippen molar-refractivity contribution >= 4 is 0 Å². The fraction of sp³-hybridized carbons (Fsp3) is 0.833.